The van der Waals surface area contributed by atoms with Gasteiger partial charge in [0, 0.05) is 5.56 Å². The molecule has 2 heterocycles. The van der Waals surface area contributed by atoms with Gasteiger partial charge in [-0.15, -0.1) is 0 Å². The lowest BCUT2D eigenvalue weighted by molar-refractivity contribution is -0.568. The largest absolute Gasteiger partial charge is 0.710 e. The van der Waals surface area contributed by atoms with Crippen LogP contribution in [0.5, 0.6) is 0 Å². The molecule has 0 aliphatic carbocycles. The molecule has 3 rings (SSSR count). The van der Waals surface area contributed by atoms with Crippen molar-refractivity contribution in [3.05, 3.63) is 59.4 Å². The molecule has 0 aliphatic rings. The molecule has 1 aromatic carbocycles. The summed E-state index contributed by atoms with van der Waals surface area (Å²) in [4.78, 5) is 0. The van der Waals surface area contributed by atoms with Gasteiger partial charge < -0.3 is 5.21 Å². The van der Waals surface area contributed by atoms with E-state index >= 15 is 0 Å². The lowest BCUT2D eigenvalue weighted by atomic mass is 10.1. The maximum atomic E-state index is 12.4. The Hall–Kier alpha value is -2.29. The molecule has 0 atom stereocenters. The van der Waals surface area contributed by atoms with Crippen LogP contribution in [0.15, 0.2) is 48.7 Å². The topological polar surface area (TPSA) is 31.9 Å². The summed E-state index contributed by atoms with van der Waals surface area (Å²) in [7, 11) is 1.88. The first-order valence-corrected chi connectivity index (χ1v) is 5.91. The van der Waals surface area contributed by atoms with Crippen LogP contribution in [0.2, 0.25) is 0 Å². The van der Waals surface area contributed by atoms with Gasteiger partial charge >= 0.3 is 0 Å². The molecule has 3 heteroatoms. The number of aryl methyl sites for hydroxylation is 2. The average molecular weight is 238 g/mol. The van der Waals surface area contributed by atoms with E-state index in [1.165, 1.54) is 5.56 Å². The molecule has 3 nitrogen and oxygen atoms in total. The van der Waals surface area contributed by atoms with Crippen molar-refractivity contribution in [2.75, 3.05) is 0 Å². The van der Waals surface area contributed by atoms with Crippen LogP contribution in [-0.2, 0) is 7.05 Å². The zero-order valence-electron chi connectivity index (χ0n) is 10.4. The molecule has 18 heavy (non-hydrogen) atoms. The smallest absolute Gasteiger partial charge is 0.292 e. The van der Waals surface area contributed by atoms with Crippen molar-refractivity contribution >= 4 is 11.0 Å². The summed E-state index contributed by atoms with van der Waals surface area (Å²) in [5.74, 6) is 0. The molecule has 0 saturated heterocycles. The van der Waals surface area contributed by atoms with Gasteiger partial charge in [-0.25, -0.2) is 9.30 Å². The van der Waals surface area contributed by atoms with Crippen molar-refractivity contribution in [1.82, 2.24) is 4.57 Å². The van der Waals surface area contributed by atoms with Crippen LogP contribution in [0, 0.1) is 12.1 Å². The monoisotopic (exact) mass is 238 g/mol. The maximum Gasteiger partial charge on any atom is 0.292 e. The third-order valence-corrected chi connectivity index (χ3v) is 3.25. The van der Waals surface area contributed by atoms with E-state index in [9.17, 15) is 5.21 Å². The molecule has 0 N–H and O–H groups in total. The average Bonchev–Trinajstić information content (AvgIpc) is 2.74. The number of rotatable bonds is 1. The molecule has 3 aromatic rings. The maximum absolute atomic E-state index is 12.4. The molecular formula is C15H14N2O. The lowest BCUT2D eigenvalue weighted by Crippen LogP contribution is -2.31. The number of aromatic nitrogens is 2. The molecule has 0 aliphatic heterocycles. The summed E-state index contributed by atoms with van der Waals surface area (Å²) < 4.78 is 2.85. The fourth-order valence-electron chi connectivity index (χ4n) is 2.22. The molecule has 90 valence electrons. The van der Waals surface area contributed by atoms with E-state index in [1.54, 1.807) is 0 Å². The zero-order chi connectivity index (χ0) is 12.7. The van der Waals surface area contributed by atoms with Gasteiger partial charge in [0.05, 0.1) is 18.6 Å². The molecule has 0 bridgehead atoms. The van der Waals surface area contributed by atoms with Crippen molar-refractivity contribution < 1.29 is 4.73 Å². The van der Waals surface area contributed by atoms with Crippen LogP contribution >= 0.6 is 0 Å². The number of benzene rings is 1. The predicted octanol–water partition coefficient (Wildman–Crippen LogP) is 2.79. The van der Waals surface area contributed by atoms with Crippen LogP contribution in [0.1, 0.15) is 5.56 Å². The van der Waals surface area contributed by atoms with Crippen molar-refractivity contribution in [2.45, 2.75) is 6.92 Å². The van der Waals surface area contributed by atoms with E-state index in [2.05, 4.69) is 0 Å². The van der Waals surface area contributed by atoms with Gasteiger partial charge in [0.25, 0.3) is 5.65 Å². The van der Waals surface area contributed by atoms with Crippen LogP contribution in [0.4, 0.5) is 0 Å². The number of nitrogens with zero attached hydrogens (tertiary/aromatic N) is 2. The highest BCUT2D eigenvalue weighted by atomic mass is 16.5. The number of hydrogen-bond donors (Lipinski definition) is 0. The first-order chi connectivity index (χ1) is 8.66. The Kier molecular flexibility index (Phi) is 2.33. The predicted molar refractivity (Wildman–Crippen MR) is 72.1 cm³/mol. The van der Waals surface area contributed by atoms with E-state index in [-0.39, 0.29) is 0 Å². The van der Waals surface area contributed by atoms with Gasteiger partial charge in [0.2, 0.25) is 0 Å². The summed E-state index contributed by atoms with van der Waals surface area (Å²) in [6.07, 6.45) is 1.90. The van der Waals surface area contributed by atoms with E-state index in [0.29, 0.717) is 11.3 Å². The van der Waals surface area contributed by atoms with Crippen molar-refractivity contribution in [2.24, 2.45) is 7.05 Å². The lowest BCUT2D eigenvalue weighted by Gasteiger charge is -2.11. The summed E-state index contributed by atoms with van der Waals surface area (Å²) in [6.45, 7) is 2.04. The second kappa shape index (κ2) is 3.88. The minimum absolute atomic E-state index is 0.685. The van der Waals surface area contributed by atoms with E-state index < -0.39 is 0 Å². The highest BCUT2D eigenvalue weighted by Crippen LogP contribution is 2.19. The Morgan fingerprint density at radius 2 is 1.72 bits per heavy atom. The van der Waals surface area contributed by atoms with Crippen LogP contribution in [0.3, 0.4) is 0 Å². The summed E-state index contributed by atoms with van der Waals surface area (Å²) >= 11 is 0. The molecule has 0 radical (unpaired) electrons. The van der Waals surface area contributed by atoms with E-state index in [4.69, 9.17) is 0 Å². The number of pyridine rings is 1. The van der Waals surface area contributed by atoms with Crippen LogP contribution < -0.4 is 4.73 Å². The summed E-state index contributed by atoms with van der Waals surface area (Å²) in [6, 6.07) is 13.8. The van der Waals surface area contributed by atoms with Crippen molar-refractivity contribution in [1.29, 1.82) is 0 Å². The standard InChI is InChI=1S/C15H14N2O/c1-11-3-5-12(6-4-11)14-8-7-13-9-10-16(2)15(13)17(14)18/h3-10H,1-2H3. The minimum Gasteiger partial charge on any atom is -0.710 e. The molecule has 0 saturated carbocycles. The first-order valence-electron chi connectivity index (χ1n) is 5.91. The third kappa shape index (κ3) is 1.56. The molecule has 0 unspecified atom stereocenters. The molecule has 2 aromatic heterocycles. The Bertz CT molecular complexity index is 711. The fourth-order valence-corrected chi connectivity index (χ4v) is 2.22. The van der Waals surface area contributed by atoms with Gasteiger partial charge in [-0.05, 0) is 25.1 Å². The molecule has 0 spiro atoms. The van der Waals surface area contributed by atoms with E-state index in [0.717, 1.165) is 15.7 Å². The highest BCUT2D eigenvalue weighted by molar-refractivity contribution is 5.75. The van der Waals surface area contributed by atoms with Crippen molar-refractivity contribution in [3.8, 4) is 11.3 Å². The third-order valence-electron chi connectivity index (χ3n) is 3.25. The second-order valence-electron chi connectivity index (χ2n) is 4.58. The van der Waals surface area contributed by atoms with Gasteiger partial charge in [-0.2, -0.15) is 0 Å². The zero-order valence-corrected chi connectivity index (χ0v) is 10.4. The fraction of sp³-hybridized carbons (Fsp3) is 0.133. The van der Waals surface area contributed by atoms with Crippen molar-refractivity contribution in [3.63, 3.8) is 0 Å². The molecule has 0 fully saturated rings. The Labute approximate surface area is 105 Å². The van der Waals surface area contributed by atoms with Gasteiger partial charge in [0.15, 0.2) is 0 Å². The minimum atomic E-state index is 0.685. The Balaban J connectivity index is 2.26. The summed E-state index contributed by atoms with van der Waals surface area (Å²) in [5.41, 5.74) is 3.51. The molecular weight excluding hydrogens is 224 g/mol. The normalized spacial score (nSPS) is 11.0. The van der Waals surface area contributed by atoms with Crippen LogP contribution in [-0.4, -0.2) is 4.57 Å². The van der Waals surface area contributed by atoms with Gasteiger partial charge in [-0.3, -0.25) is 0 Å². The Morgan fingerprint density at radius 1 is 1.00 bits per heavy atom. The SMILES string of the molecule is Cc1ccc(-c2ccc3ccn(C)c3[n+]2[O-])cc1. The van der Waals surface area contributed by atoms with Gasteiger partial charge in [-0.1, -0.05) is 29.8 Å². The van der Waals surface area contributed by atoms with Gasteiger partial charge in [0.1, 0.15) is 5.69 Å². The number of hydrogen-bond acceptors (Lipinski definition) is 1. The molecule has 0 amide bonds. The first kappa shape index (κ1) is 10.8. The van der Waals surface area contributed by atoms with Crippen LogP contribution in [0.25, 0.3) is 22.3 Å². The highest BCUT2D eigenvalue weighted by Gasteiger charge is 2.12. The Morgan fingerprint density at radius 3 is 2.44 bits per heavy atom. The quantitative estimate of drug-likeness (QED) is 0.474. The van der Waals surface area contributed by atoms with E-state index in [1.807, 2.05) is 67.2 Å². The second-order valence-corrected chi connectivity index (χ2v) is 4.58. The summed E-state index contributed by atoms with van der Waals surface area (Å²) in [5, 5.41) is 13.4. The number of fused-ring (bicyclic) bond motifs is 1.